The fourth-order valence-corrected chi connectivity index (χ4v) is 2.34. The van der Waals surface area contributed by atoms with Gasteiger partial charge in [0.1, 0.15) is 0 Å². The lowest BCUT2D eigenvalue weighted by Crippen LogP contribution is -2.12. The minimum Gasteiger partial charge on any atom is -0.481 e. The first kappa shape index (κ1) is 14.3. The lowest BCUT2D eigenvalue weighted by atomic mass is 10.2. The maximum Gasteiger partial charge on any atom is 0.309 e. The van der Waals surface area contributed by atoms with Gasteiger partial charge in [-0.05, 0) is 42.8 Å². The molecule has 0 aliphatic rings. The zero-order valence-corrected chi connectivity index (χ0v) is 11.9. The fourth-order valence-electron chi connectivity index (χ4n) is 2.22. The molecule has 0 atom stereocenters. The van der Waals surface area contributed by atoms with E-state index in [2.05, 4.69) is 0 Å². The maximum atomic E-state index is 12.5. The molecule has 0 aliphatic carbocycles. The van der Waals surface area contributed by atoms with Crippen molar-refractivity contribution in [3.63, 3.8) is 0 Å². The van der Waals surface area contributed by atoms with Crippen LogP contribution in [0.3, 0.4) is 0 Å². The quantitative estimate of drug-likeness (QED) is 0.882. The van der Waals surface area contributed by atoms with Crippen LogP contribution in [0.1, 0.15) is 27.3 Å². The zero-order chi connectivity index (χ0) is 14.9. The van der Waals surface area contributed by atoms with Crippen LogP contribution in [0, 0.1) is 6.92 Å². The number of halogens is 1. The molecular formula is C15H14ClNO3. The second-order valence-corrected chi connectivity index (χ2v) is 5.07. The van der Waals surface area contributed by atoms with Gasteiger partial charge >= 0.3 is 5.97 Å². The van der Waals surface area contributed by atoms with Gasteiger partial charge in [-0.3, -0.25) is 9.59 Å². The van der Waals surface area contributed by atoms with Gasteiger partial charge in [-0.15, -0.1) is 0 Å². The number of aromatic nitrogens is 1. The van der Waals surface area contributed by atoms with E-state index in [-0.39, 0.29) is 12.2 Å². The number of rotatable bonds is 4. The average molecular weight is 294 g/mol. The summed E-state index contributed by atoms with van der Waals surface area (Å²) < 4.78 is 1.64. The highest BCUT2D eigenvalue weighted by Gasteiger charge is 2.19. The Morgan fingerprint density at radius 1 is 1.35 bits per heavy atom. The molecule has 2 aromatic rings. The van der Waals surface area contributed by atoms with Gasteiger partial charge < -0.3 is 9.67 Å². The first-order valence-electron chi connectivity index (χ1n) is 6.07. The molecule has 0 spiro atoms. The van der Waals surface area contributed by atoms with Gasteiger partial charge in [-0.2, -0.15) is 0 Å². The van der Waals surface area contributed by atoms with E-state index in [9.17, 15) is 9.59 Å². The summed E-state index contributed by atoms with van der Waals surface area (Å²) in [6, 6.07) is 8.37. The molecule has 0 saturated heterocycles. The number of aryl methyl sites for hydroxylation is 1. The fraction of sp³-hybridized carbons (Fsp3) is 0.200. The Bertz CT molecular complexity index is 671. The first-order chi connectivity index (χ1) is 9.40. The molecular weight excluding hydrogens is 280 g/mol. The zero-order valence-electron chi connectivity index (χ0n) is 11.2. The molecule has 0 radical (unpaired) electrons. The number of carbonyl (C=O) groups excluding carboxylic acids is 1. The standard InChI is InChI=1S/C15H14ClNO3/c1-9-7-12(8-13(18)19)17(2)14(9)15(20)10-3-5-11(16)6-4-10/h3-7H,8H2,1-2H3,(H,18,19)/i15+2. The minimum atomic E-state index is -0.920. The molecule has 1 aromatic carbocycles. The van der Waals surface area contributed by atoms with Crippen LogP contribution in [-0.4, -0.2) is 21.4 Å². The normalized spacial score (nSPS) is 10.6. The Morgan fingerprint density at radius 2 is 1.95 bits per heavy atom. The third kappa shape index (κ3) is 2.75. The molecule has 1 heterocycles. The number of carboxylic acids is 1. The van der Waals surface area contributed by atoms with Crippen LogP contribution < -0.4 is 0 Å². The summed E-state index contributed by atoms with van der Waals surface area (Å²) in [6.45, 7) is 1.80. The number of carboxylic acid groups (broad SMARTS) is 1. The smallest absolute Gasteiger partial charge is 0.309 e. The molecule has 20 heavy (non-hydrogen) atoms. The Kier molecular flexibility index (Phi) is 3.95. The molecule has 4 nitrogen and oxygen atoms in total. The SMILES string of the molecule is Cc1cc(CC(=O)O)n(C)c1[14C](=O)c1ccc(Cl)cc1. The van der Waals surface area contributed by atoms with E-state index in [1.165, 1.54) is 0 Å². The predicted octanol–water partition coefficient (Wildman–Crippen LogP) is 2.85. The number of carbonyl (C=O) groups is 2. The number of ketones is 1. The Balaban J connectivity index is 2.42. The molecule has 0 unspecified atom stereocenters. The van der Waals surface area contributed by atoms with Crippen LogP contribution in [-0.2, 0) is 18.3 Å². The van der Waals surface area contributed by atoms with E-state index in [1.807, 2.05) is 0 Å². The monoisotopic (exact) mass is 293 g/mol. The lowest BCUT2D eigenvalue weighted by molar-refractivity contribution is -0.136. The van der Waals surface area contributed by atoms with E-state index in [0.717, 1.165) is 5.56 Å². The minimum absolute atomic E-state index is 0.106. The summed E-state index contributed by atoms with van der Waals surface area (Å²) in [5.41, 5.74) is 2.40. The van der Waals surface area contributed by atoms with Crippen LogP contribution in [0.5, 0.6) is 0 Å². The van der Waals surface area contributed by atoms with Crippen molar-refractivity contribution in [3.8, 4) is 0 Å². The van der Waals surface area contributed by atoms with E-state index in [0.29, 0.717) is 22.0 Å². The van der Waals surface area contributed by atoms with Crippen LogP contribution in [0.15, 0.2) is 30.3 Å². The van der Waals surface area contributed by atoms with Crippen molar-refractivity contribution in [1.82, 2.24) is 4.57 Å². The number of benzene rings is 1. The summed E-state index contributed by atoms with van der Waals surface area (Å²) in [5, 5.41) is 9.43. The van der Waals surface area contributed by atoms with E-state index in [4.69, 9.17) is 16.7 Å². The first-order valence-corrected chi connectivity index (χ1v) is 6.45. The van der Waals surface area contributed by atoms with Gasteiger partial charge in [0.2, 0.25) is 5.78 Å². The van der Waals surface area contributed by atoms with Crippen molar-refractivity contribution >= 4 is 23.4 Å². The van der Waals surface area contributed by atoms with Gasteiger partial charge in [-0.1, -0.05) is 11.6 Å². The Morgan fingerprint density at radius 3 is 2.50 bits per heavy atom. The highest BCUT2D eigenvalue weighted by Crippen LogP contribution is 2.20. The summed E-state index contributed by atoms with van der Waals surface area (Å²) >= 11 is 5.80. The lowest BCUT2D eigenvalue weighted by Gasteiger charge is -2.07. The molecule has 104 valence electrons. The third-order valence-electron chi connectivity index (χ3n) is 3.18. The molecule has 1 aromatic heterocycles. The van der Waals surface area contributed by atoms with Crippen LogP contribution in [0.25, 0.3) is 0 Å². The third-order valence-corrected chi connectivity index (χ3v) is 3.43. The number of hydrogen-bond donors (Lipinski definition) is 1. The van der Waals surface area contributed by atoms with E-state index in [1.54, 1.807) is 48.9 Å². The largest absolute Gasteiger partial charge is 0.481 e. The van der Waals surface area contributed by atoms with Gasteiger partial charge in [0, 0.05) is 23.3 Å². The van der Waals surface area contributed by atoms with Crippen molar-refractivity contribution in [1.29, 1.82) is 0 Å². The molecule has 0 aliphatic heterocycles. The van der Waals surface area contributed by atoms with E-state index >= 15 is 0 Å². The Hall–Kier alpha value is -2.07. The molecule has 0 saturated carbocycles. The number of nitrogens with zero attached hydrogens (tertiary/aromatic N) is 1. The summed E-state index contributed by atoms with van der Waals surface area (Å²) in [6.07, 6.45) is -0.106. The van der Waals surface area contributed by atoms with Crippen LogP contribution >= 0.6 is 11.6 Å². The van der Waals surface area contributed by atoms with Gasteiger partial charge in [0.25, 0.3) is 0 Å². The number of hydrogen-bond acceptors (Lipinski definition) is 2. The molecule has 2 rings (SSSR count). The maximum absolute atomic E-state index is 12.5. The van der Waals surface area contributed by atoms with Crippen molar-refractivity contribution in [2.24, 2.45) is 7.05 Å². The van der Waals surface area contributed by atoms with Gasteiger partial charge in [0.05, 0.1) is 12.1 Å². The van der Waals surface area contributed by atoms with Gasteiger partial charge in [0.15, 0.2) is 0 Å². The predicted molar refractivity (Wildman–Crippen MR) is 76.4 cm³/mol. The highest BCUT2D eigenvalue weighted by molar-refractivity contribution is 6.30. The summed E-state index contributed by atoms with van der Waals surface area (Å²) in [7, 11) is 1.70. The Labute approximate surface area is 121 Å². The number of aliphatic carboxylic acids is 1. The second-order valence-electron chi connectivity index (χ2n) is 4.63. The summed E-state index contributed by atoms with van der Waals surface area (Å²) in [5.74, 6) is -1.06. The topological polar surface area (TPSA) is 59.3 Å². The highest BCUT2D eigenvalue weighted by atomic mass is 35.5. The van der Waals surface area contributed by atoms with Crippen molar-refractivity contribution in [3.05, 3.63) is 57.9 Å². The van der Waals surface area contributed by atoms with Gasteiger partial charge in [-0.25, -0.2) is 0 Å². The summed E-state index contributed by atoms with van der Waals surface area (Å²) in [4.78, 5) is 23.3. The van der Waals surface area contributed by atoms with Crippen LogP contribution in [0.4, 0.5) is 0 Å². The van der Waals surface area contributed by atoms with E-state index < -0.39 is 5.97 Å². The van der Waals surface area contributed by atoms with Crippen molar-refractivity contribution in [2.75, 3.05) is 0 Å². The average Bonchev–Trinajstić information content (AvgIpc) is 2.64. The molecule has 0 fully saturated rings. The van der Waals surface area contributed by atoms with Crippen molar-refractivity contribution < 1.29 is 14.7 Å². The molecule has 0 amide bonds. The molecule has 1 N–H and O–H groups in total. The second kappa shape index (κ2) is 5.51. The van der Waals surface area contributed by atoms with Crippen molar-refractivity contribution in [2.45, 2.75) is 13.3 Å². The molecule has 0 bridgehead atoms. The molecule has 5 heteroatoms. The van der Waals surface area contributed by atoms with Crippen LogP contribution in [0.2, 0.25) is 5.02 Å².